The van der Waals surface area contributed by atoms with Crippen molar-refractivity contribution in [3.63, 3.8) is 0 Å². The van der Waals surface area contributed by atoms with Gasteiger partial charge in [0.15, 0.2) is 0 Å². The molecule has 148 valence electrons. The summed E-state index contributed by atoms with van der Waals surface area (Å²) in [6, 6.07) is 9.92. The van der Waals surface area contributed by atoms with Gasteiger partial charge in [0.05, 0.1) is 0 Å². The Labute approximate surface area is 166 Å². The fourth-order valence-electron chi connectivity index (χ4n) is 2.86. The minimum atomic E-state index is -0.0674. The van der Waals surface area contributed by atoms with Gasteiger partial charge in [0.1, 0.15) is 0 Å². The van der Waals surface area contributed by atoms with E-state index in [2.05, 4.69) is 24.4 Å². The first-order valence-corrected chi connectivity index (χ1v) is 10.6. The zero-order chi connectivity index (χ0) is 19.4. The number of carbonyl (C=O) groups excluding carboxylic acids is 1. The second-order valence-electron chi connectivity index (χ2n) is 6.99. The van der Waals surface area contributed by atoms with Crippen molar-refractivity contribution in [1.29, 1.82) is 0 Å². The third kappa shape index (κ3) is 14.7. The highest BCUT2D eigenvalue weighted by molar-refractivity contribution is 5.87. The summed E-state index contributed by atoms with van der Waals surface area (Å²) in [5, 5.41) is 2.87. The zero-order valence-corrected chi connectivity index (χ0v) is 17.0. The number of allylic oxidation sites excluding steroid dienone is 5. The van der Waals surface area contributed by atoms with Crippen LogP contribution in [0.3, 0.4) is 0 Å². The Balaban J connectivity index is 1.96. The van der Waals surface area contributed by atoms with Crippen LogP contribution in [0.25, 0.3) is 0 Å². The van der Waals surface area contributed by atoms with E-state index in [-0.39, 0.29) is 5.91 Å². The first kappa shape index (κ1) is 23.0. The Morgan fingerprint density at radius 2 is 1.44 bits per heavy atom. The van der Waals surface area contributed by atoms with Gasteiger partial charge in [-0.1, -0.05) is 119 Å². The van der Waals surface area contributed by atoms with Gasteiger partial charge >= 0.3 is 0 Å². The second kappa shape index (κ2) is 17.3. The minimum absolute atomic E-state index is 0.0674. The maximum Gasteiger partial charge on any atom is 0.244 e. The van der Waals surface area contributed by atoms with Gasteiger partial charge in [-0.15, -0.1) is 0 Å². The van der Waals surface area contributed by atoms with Crippen LogP contribution in [-0.2, 0) is 11.3 Å². The number of carbonyl (C=O) groups is 1. The van der Waals surface area contributed by atoms with E-state index < -0.39 is 0 Å². The Morgan fingerprint density at radius 3 is 2.15 bits per heavy atom. The summed E-state index contributed by atoms with van der Waals surface area (Å²) in [7, 11) is 0. The van der Waals surface area contributed by atoms with Crippen LogP contribution in [0.5, 0.6) is 0 Å². The molecule has 1 amide bonds. The first-order chi connectivity index (χ1) is 13.3. The summed E-state index contributed by atoms with van der Waals surface area (Å²) in [6.07, 6.45) is 25.0. The maximum absolute atomic E-state index is 11.7. The van der Waals surface area contributed by atoms with Crippen molar-refractivity contribution in [2.45, 2.75) is 77.7 Å². The van der Waals surface area contributed by atoms with Gasteiger partial charge in [0, 0.05) is 12.6 Å². The van der Waals surface area contributed by atoms with Crippen LogP contribution in [0.4, 0.5) is 0 Å². The number of hydrogen-bond acceptors (Lipinski definition) is 1. The molecule has 0 aliphatic heterocycles. The Morgan fingerprint density at radius 1 is 0.815 bits per heavy atom. The van der Waals surface area contributed by atoms with Crippen LogP contribution in [-0.4, -0.2) is 5.91 Å². The summed E-state index contributed by atoms with van der Waals surface area (Å²) in [5.74, 6) is -0.0674. The average Bonchev–Trinajstić information content (AvgIpc) is 2.70. The molecule has 0 bridgehead atoms. The molecule has 0 saturated carbocycles. The minimum Gasteiger partial charge on any atom is -0.348 e. The molecule has 0 radical (unpaired) electrons. The predicted molar refractivity (Wildman–Crippen MR) is 118 cm³/mol. The van der Waals surface area contributed by atoms with Gasteiger partial charge in [-0.05, 0) is 18.4 Å². The highest BCUT2D eigenvalue weighted by Crippen LogP contribution is 2.10. The fraction of sp³-hybridized carbons (Fsp3) is 0.480. The van der Waals surface area contributed by atoms with Crippen molar-refractivity contribution in [2.24, 2.45) is 0 Å². The molecule has 0 fully saturated rings. The lowest BCUT2D eigenvalue weighted by atomic mass is 10.1. The fourth-order valence-corrected chi connectivity index (χ4v) is 2.86. The van der Waals surface area contributed by atoms with E-state index in [0.717, 1.165) is 12.0 Å². The SMILES string of the molecule is CCCCCCCCCCC\C=C/C=C\C=C/C(=O)NCc1ccccc1. The smallest absolute Gasteiger partial charge is 0.244 e. The summed E-state index contributed by atoms with van der Waals surface area (Å²) in [4.78, 5) is 11.7. The molecule has 1 aromatic rings. The molecular weight excluding hydrogens is 330 g/mol. The summed E-state index contributed by atoms with van der Waals surface area (Å²) >= 11 is 0. The van der Waals surface area contributed by atoms with Crippen LogP contribution < -0.4 is 5.32 Å². The third-order valence-electron chi connectivity index (χ3n) is 4.50. The predicted octanol–water partition coefficient (Wildman–Crippen LogP) is 6.89. The zero-order valence-electron chi connectivity index (χ0n) is 17.0. The third-order valence-corrected chi connectivity index (χ3v) is 4.50. The van der Waals surface area contributed by atoms with Crippen molar-refractivity contribution in [3.8, 4) is 0 Å². The van der Waals surface area contributed by atoms with Crippen LogP contribution in [0.2, 0.25) is 0 Å². The van der Waals surface area contributed by atoms with Crippen molar-refractivity contribution in [3.05, 3.63) is 72.4 Å². The first-order valence-electron chi connectivity index (χ1n) is 10.6. The van der Waals surface area contributed by atoms with E-state index >= 15 is 0 Å². The number of unbranched alkanes of at least 4 members (excludes halogenated alkanes) is 9. The molecule has 1 aromatic carbocycles. The molecule has 0 atom stereocenters. The van der Waals surface area contributed by atoms with Gasteiger partial charge in [-0.2, -0.15) is 0 Å². The number of hydrogen-bond donors (Lipinski definition) is 1. The molecule has 0 spiro atoms. The molecule has 0 aromatic heterocycles. The van der Waals surface area contributed by atoms with E-state index in [4.69, 9.17) is 0 Å². The quantitative estimate of drug-likeness (QED) is 0.204. The molecule has 1 N–H and O–H groups in total. The topological polar surface area (TPSA) is 29.1 Å². The van der Waals surface area contributed by atoms with Crippen molar-refractivity contribution in [2.75, 3.05) is 0 Å². The number of rotatable bonds is 15. The van der Waals surface area contributed by atoms with Gasteiger partial charge in [0.25, 0.3) is 0 Å². The van der Waals surface area contributed by atoms with Gasteiger partial charge in [0.2, 0.25) is 5.91 Å². The number of benzene rings is 1. The van der Waals surface area contributed by atoms with Crippen molar-refractivity contribution >= 4 is 5.91 Å². The lowest BCUT2D eigenvalue weighted by Crippen LogP contribution is -2.20. The molecule has 0 saturated heterocycles. The monoisotopic (exact) mass is 367 g/mol. The van der Waals surface area contributed by atoms with Gasteiger partial charge in [-0.25, -0.2) is 0 Å². The van der Waals surface area contributed by atoms with E-state index in [1.54, 1.807) is 12.2 Å². The van der Waals surface area contributed by atoms with Crippen molar-refractivity contribution in [1.82, 2.24) is 5.32 Å². The molecule has 0 unspecified atom stereocenters. The van der Waals surface area contributed by atoms with Crippen LogP contribution in [0.1, 0.15) is 76.7 Å². The Hall–Kier alpha value is -2.09. The van der Waals surface area contributed by atoms with E-state index in [1.165, 1.54) is 57.8 Å². The number of nitrogens with one attached hydrogen (secondary N) is 1. The molecule has 27 heavy (non-hydrogen) atoms. The average molecular weight is 368 g/mol. The molecule has 2 heteroatoms. The van der Waals surface area contributed by atoms with Gasteiger partial charge < -0.3 is 5.32 Å². The maximum atomic E-state index is 11.7. The molecule has 0 aliphatic rings. The van der Waals surface area contributed by atoms with Crippen molar-refractivity contribution < 1.29 is 4.79 Å². The molecule has 0 heterocycles. The molecule has 1 rings (SSSR count). The highest BCUT2D eigenvalue weighted by atomic mass is 16.1. The number of amides is 1. The largest absolute Gasteiger partial charge is 0.348 e. The molecular formula is C25H37NO. The Kier molecular flexibility index (Phi) is 14.7. The van der Waals surface area contributed by atoms with E-state index in [9.17, 15) is 4.79 Å². The van der Waals surface area contributed by atoms with Crippen LogP contribution in [0.15, 0.2) is 66.8 Å². The standard InChI is InChI=1S/C25H37NO/c1-2-3-4-5-6-7-8-9-10-11-12-13-14-15-19-22-25(27)26-23-24-20-17-16-18-21-24/h12-22H,2-11,23H2,1H3,(H,26,27)/b13-12-,15-14-,22-19-. The lowest BCUT2D eigenvalue weighted by molar-refractivity contribution is -0.116. The second-order valence-corrected chi connectivity index (χ2v) is 6.99. The van der Waals surface area contributed by atoms with Gasteiger partial charge in [-0.3, -0.25) is 4.79 Å². The van der Waals surface area contributed by atoms with E-state index in [1.807, 2.05) is 42.5 Å². The van der Waals surface area contributed by atoms with Crippen LogP contribution >= 0.6 is 0 Å². The summed E-state index contributed by atoms with van der Waals surface area (Å²) in [6.45, 7) is 2.83. The lowest BCUT2D eigenvalue weighted by Gasteiger charge is -2.01. The molecule has 0 aliphatic carbocycles. The normalized spacial score (nSPS) is 11.7. The van der Waals surface area contributed by atoms with E-state index in [0.29, 0.717) is 6.54 Å². The molecule has 2 nitrogen and oxygen atoms in total. The highest BCUT2D eigenvalue weighted by Gasteiger charge is 1.94. The Bertz CT molecular complexity index is 557. The summed E-state index contributed by atoms with van der Waals surface area (Å²) < 4.78 is 0. The van der Waals surface area contributed by atoms with Crippen LogP contribution in [0, 0.1) is 0 Å². The summed E-state index contributed by atoms with van der Waals surface area (Å²) in [5.41, 5.74) is 1.11.